The highest BCUT2D eigenvalue weighted by Crippen LogP contribution is 2.20. The molecule has 2 aromatic carbocycles. The van der Waals surface area contributed by atoms with Gasteiger partial charge in [0.15, 0.2) is 6.61 Å². The van der Waals surface area contributed by atoms with Crippen LogP contribution in [0.4, 0.5) is 17.3 Å². The van der Waals surface area contributed by atoms with Gasteiger partial charge in [0.25, 0.3) is 5.91 Å². The molecule has 29 heavy (non-hydrogen) atoms. The molecule has 0 bridgehead atoms. The number of hydrogen-bond acceptors (Lipinski definition) is 6. The van der Waals surface area contributed by atoms with Gasteiger partial charge in [-0.2, -0.15) is 0 Å². The highest BCUT2D eigenvalue weighted by atomic mass is 16.5. The number of para-hydroxylation sites is 1. The number of rotatable bonds is 6. The molecular weight excluding hydrogens is 366 g/mol. The van der Waals surface area contributed by atoms with E-state index in [4.69, 9.17) is 4.74 Å². The van der Waals surface area contributed by atoms with E-state index in [-0.39, 0.29) is 12.5 Å². The van der Waals surface area contributed by atoms with Crippen LogP contribution < -0.4 is 19.9 Å². The monoisotopic (exact) mass is 389 g/mol. The topological polar surface area (TPSA) is 70.6 Å². The number of amides is 1. The van der Waals surface area contributed by atoms with Gasteiger partial charge >= 0.3 is 0 Å². The van der Waals surface area contributed by atoms with Gasteiger partial charge in [0, 0.05) is 49.9 Å². The van der Waals surface area contributed by atoms with Crippen molar-refractivity contribution in [2.75, 3.05) is 47.9 Å². The van der Waals surface area contributed by atoms with Crippen LogP contribution in [-0.4, -0.2) is 48.7 Å². The standard InChI is InChI=1S/C22H23N5O2/c28-21(17-29-20-5-2-1-3-6-20)25-18-7-9-19(10-8-18)26-13-15-27(16-14-26)22-23-11-4-12-24-22/h1-12H,13-17H2,(H,25,28). The molecule has 0 radical (unpaired) electrons. The van der Waals surface area contributed by atoms with Crippen molar-refractivity contribution in [3.63, 3.8) is 0 Å². The molecule has 2 heterocycles. The zero-order valence-electron chi connectivity index (χ0n) is 16.1. The SMILES string of the molecule is O=C(COc1ccccc1)Nc1ccc(N2CCN(c3ncccn3)CC2)cc1. The van der Waals surface area contributed by atoms with Crippen LogP contribution in [0.1, 0.15) is 0 Å². The second-order valence-electron chi connectivity index (χ2n) is 6.72. The number of nitrogens with zero attached hydrogens (tertiary/aromatic N) is 4. The third-order valence-corrected chi connectivity index (χ3v) is 4.74. The first-order valence-corrected chi connectivity index (χ1v) is 9.62. The molecule has 3 aromatic rings. The largest absolute Gasteiger partial charge is 0.484 e. The maximum Gasteiger partial charge on any atom is 0.262 e. The third kappa shape index (κ3) is 5.01. The molecule has 1 aromatic heterocycles. The molecule has 0 atom stereocenters. The summed E-state index contributed by atoms with van der Waals surface area (Å²) < 4.78 is 5.47. The second-order valence-corrected chi connectivity index (χ2v) is 6.72. The maximum absolute atomic E-state index is 12.1. The molecule has 0 unspecified atom stereocenters. The summed E-state index contributed by atoms with van der Waals surface area (Å²) in [7, 11) is 0. The smallest absolute Gasteiger partial charge is 0.262 e. The van der Waals surface area contributed by atoms with Crippen LogP contribution in [0.15, 0.2) is 73.1 Å². The molecule has 7 nitrogen and oxygen atoms in total. The first kappa shape index (κ1) is 18.7. The number of anilines is 3. The first-order chi connectivity index (χ1) is 14.3. The zero-order chi connectivity index (χ0) is 19.9. The number of ether oxygens (including phenoxy) is 1. The Morgan fingerprint density at radius 3 is 2.21 bits per heavy atom. The van der Waals surface area contributed by atoms with Gasteiger partial charge in [-0.3, -0.25) is 4.79 Å². The van der Waals surface area contributed by atoms with Gasteiger partial charge in [-0.1, -0.05) is 18.2 Å². The summed E-state index contributed by atoms with van der Waals surface area (Å²) in [6.45, 7) is 3.53. The Morgan fingerprint density at radius 1 is 0.862 bits per heavy atom. The number of aromatic nitrogens is 2. The predicted octanol–water partition coefficient (Wildman–Crippen LogP) is 2.82. The predicted molar refractivity (Wildman–Crippen MR) is 113 cm³/mol. The molecule has 4 rings (SSSR count). The van der Waals surface area contributed by atoms with Gasteiger partial charge in [-0.05, 0) is 42.5 Å². The average molecular weight is 389 g/mol. The van der Waals surface area contributed by atoms with Gasteiger partial charge in [0.1, 0.15) is 5.75 Å². The van der Waals surface area contributed by atoms with Crippen LogP contribution >= 0.6 is 0 Å². The number of carbonyl (C=O) groups excluding carboxylic acids is 1. The molecule has 0 saturated carbocycles. The summed E-state index contributed by atoms with van der Waals surface area (Å²) in [5, 5.41) is 2.86. The van der Waals surface area contributed by atoms with Crippen molar-refractivity contribution in [3.05, 3.63) is 73.1 Å². The minimum Gasteiger partial charge on any atom is -0.484 e. The minimum absolute atomic E-state index is 0.0186. The molecule has 7 heteroatoms. The summed E-state index contributed by atoms with van der Waals surface area (Å²) in [5.74, 6) is 1.28. The van der Waals surface area contributed by atoms with Crippen LogP contribution in [0.3, 0.4) is 0 Å². The molecule has 148 valence electrons. The van der Waals surface area contributed by atoms with E-state index in [1.54, 1.807) is 12.4 Å². The summed E-state index contributed by atoms with van der Waals surface area (Å²) in [6.07, 6.45) is 3.54. The molecule has 1 aliphatic heterocycles. The minimum atomic E-state index is -0.182. The average Bonchev–Trinajstić information content (AvgIpc) is 2.80. The van der Waals surface area contributed by atoms with Crippen LogP contribution in [0.2, 0.25) is 0 Å². The van der Waals surface area contributed by atoms with E-state index in [0.717, 1.165) is 43.5 Å². The van der Waals surface area contributed by atoms with Crippen molar-refractivity contribution < 1.29 is 9.53 Å². The van der Waals surface area contributed by atoms with E-state index in [1.807, 2.05) is 60.7 Å². The van der Waals surface area contributed by atoms with Crippen molar-refractivity contribution in [2.45, 2.75) is 0 Å². The number of nitrogens with one attached hydrogen (secondary N) is 1. The number of carbonyl (C=O) groups is 1. The lowest BCUT2D eigenvalue weighted by Gasteiger charge is -2.36. The Kier molecular flexibility index (Phi) is 5.85. The molecule has 1 amide bonds. The maximum atomic E-state index is 12.1. The van der Waals surface area contributed by atoms with Crippen molar-refractivity contribution >= 4 is 23.2 Å². The number of hydrogen-bond donors (Lipinski definition) is 1. The van der Waals surface area contributed by atoms with E-state index in [1.165, 1.54) is 0 Å². The van der Waals surface area contributed by atoms with Crippen LogP contribution in [-0.2, 0) is 4.79 Å². The van der Waals surface area contributed by atoms with Crippen molar-refractivity contribution in [3.8, 4) is 5.75 Å². The lowest BCUT2D eigenvalue weighted by Crippen LogP contribution is -2.47. The first-order valence-electron chi connectivity index (χ1n) is 9.62. The quantitative estimate of drug-likeness (QED) is 0.699. The zero-order valence-corrected chi connectivity index (χ0v) is 16.1. The van der Waals surface area contributed by atoms with Crippen LogP contribution in [0.5, 0.6) is 5.75 Å². The molecule has 1 fully saturated rings. The fourth-order valence-corrected chi connectivity index (χ4v) is 3.24. The van der Waals surface area contributed by atoms with E-state index < -0.39 is 0 Å². The Labute approximate surface area is 170 Å². The molecule has 0 aliphatic carbocycles. The fourth-order valence-electron chi connectivity index (χ4n) is 3.24. The Hall–Kier alpha value is -3.61. The van der Waals surface area contributed by atoms with E-state index in [9.17, 15) is 4.79 Å². The van der Waals surface area contributed by atoms with E-state index in [2.05, 4.69) is 25.1 Å². The second kappa shape index (κ2) is 9.05. The highest BCUT2D eigenvalue weighted by molar-refractivity contribution is 5.92. The normalized spacial score (nSPS) is 13.8. The van der Waals surface area contributed by atoms with E-state index >= 15 is 0 Å². The van der Waals surface area contributed by atoms with Gasteiger partial charge in [0.05, 0.1) is 0 Å². The lowest BCUT2D eigenvalue weighted by atomic mass is 10.2. The summed E-state index contributed by atoms with van der Waals surface area (Å²) in [4.78, 5) is 25.2. The summed E-state index contributed by atoms with van der Waals surface area (Å²) in [6, 6.07) is 19.0. The van der Waals surface area contributed by atoms with Gasteiger partial charge < -0.3 is 19.9 Å². The summed E-state index contributed by atoms with van der Waals surface area (Å²) in [5.41, 5.74) is 1.89. The van der Waals surface area contributed by atoms with Crippen LogP contribution in [0, 0.1) is 0 Å². The molecule has 1 aliphatic rings. The summed E-state index contributed by atoms with van der Waals surface area (Å²) >= 11 is 0. The number of benzene rings is 2. The molecule has 1 saturated heterocycles. The van der Waals surface area contributed by atoms with Gasteiger partial charge in [-0.15, -0.1) is 0 Å². The Balaban J connectivity index is 1.26. The molecule has 1 N–H and O–H groups in total. The number of piperazine rings is 1. The van der Waals surface area contributed by atoms with Gasteiger partial charge in [-0.25, -0.2) is 9.97 Å². The molecule has 0 spiro atoms. The lowest BCUT2D eigenvalue weighted by molar-refractivity contribution is -0.118. The third-order valence-electron chi connectivity index (χ3n) is 4.74. The fraction of sp³-hybridized carbons (Fsp3) is 0.227. The highest BCUT2D eigenvalue weighted by Gasteiger charge is 2.19. The van der Waals surface area contributed by atoms with Gasteiger partial charge in [0.2, 0.25) is 5.95 Å². The van der Waals surface area contributed by atoms with Crippen molar-refractivity contribution in [1.82, 2.24) is 9.97 Å². The Morgan fingerprint density at radius 2 is 1.52 bits per heavy atom. The van der Waals surface area contributed by atoms with Crippen molar-refractivity contribution in [1.29, 1.82) is 0 Å². The molecular formula is C22H23N5O2. The van der Waals surface area contributed by atoms with Crippen molar-refractivity contribution in [2.24, 2.45) is 0 Å². The Bertz CT molecular complexity index is 911. The van der Waals surface area contributed by atoms with E-state index in [0.29, 0.717) is 5.75 Å². The van der Waals surface area contributed by atoms with Crippen LogP contribution in [0.25, 0.3) is 0 Å².